The van der Waals surface area contributed by atoms with E-state index in [0.29, 0.717) is 25.1 Å². The zero-order valence-electron chi connectivity index (χ0n) is 14.0. The third-order valence-electron chi connectivity index (χ3n) is 4.21. The summed E-state index contributed by atoms with van der Waals surface area (Å²) in [7, 11) is 0. The number of fused-ring (bicyclic) bond motifs is 1. The van der Waals surface area contributed by atoms with Gasteiger partial charge in [-0.2, -0.15) is 4.98 Å². The van der Waals surface area contributed by atoms with Crippen LogP contribution >= 0.6 is 0 Å². The molecule has 0 saturated carbocycles. The lowest BCUT2D eigenvalue weighted by atomic mass is 10.0. The summed E-state index contributed by atoms with van der Waals surface area (Å²) in [6, 6.07) is 9.36. The Hall–Kier alpha value is -2.63. The van der Waals surface area contributed by atoms with Crippen molar-refractivity contribution < 1.29 is 4.79 Å². The Balaban J connectivity index is 1.82. The van der Waals surface area contributed by atoms with Crippen LogP contribution in [0.25, 0.3) is 0 Å². The lowest BCUT2D eigenvalue weighted by Crippen LogP contribution is -2.37. The van der Waals surface area contributed by atoms with Crippen molar-refractivity contribution in [2.45, 2.75) is 32.7 Å². The number of anilines is 2. The summed E-state index contributed by atoms with van der Waals surface area (Å²) in [6.45, 7) is 4.14. The molecule has 0 saturated heterocycles. The highest BCUT2D eigenvalue weighted by Crippen LogP contribution is 2.25. The summed E-state index contributed by atoms with van der Waals surface area (Å²) in [4.78, 5) is 23.2. The number of hydrogen-bond donors (Lipinski definition) is 2. The molecule has 1 amide bonds. The molecule has 0 aliphatic carbocycles. The van der Waals surface area contributed by atoms with Gasteiger partial charge in [-0.3, -0.25) is 4.79 Å². The highest BCUT2D eigenvalue weighted by molar-refractivity contribution is 5.94. The van der Waals surface area contributed by atoms with E-state index in [-0.39, 0.29) is 11.9 Å². The highest BCUT2D eigenvalue weighted by Gasteiger charge is 2.25. The molecule has 0 atom stereocenters. The molecule has 6 heteroatoms. The van der Waals surface area contributed by atoms with Crippen molar-refractivity contribution in [1.82, 2.24) is 14.9 Å². The average Bonchev–Trinajstić information content (AvgIpc) is 2.61. The standard InChI is InChI=1S/C18H23N5O/c1-2-3-10-20-16-14-12-23(11-9-15(14)21-18(19)22-16)17(24)13-7-5-4-6-8-13/h4-8H,2-3,9-12H2,1H3,(H3,19,20,21,22). The number of amides is 1. The number of nitrogens with one attached hydrogen (secondary N) is 1. The number of unbranched alkanes of at least 4 members (excludes halogenated alkanes) is 1. The Kier molecular flexibility index (Phi) is 4.93. The number of aromatic nitrogens is 2. The minimum atomic E-state index is 0.0394. The summed E-state index contributed by atoms with van der Waals surface area (Å²) >= 11 is 0. The SMILES string of the molecule is CCCCNc1nc(N)nc2c1CN(C(=O)c1ccccc1)CC2. The van der Waals surface area contributed by atoms with Crippen LogP contribution in [-0.4, -0.2) is 33.9 Å². The molecule has 3 rings (SSSR count). The summed E-state index contributed by atoms with van der Waals surface area (Å²) in [6.07, 6.45) is 2.86. The number of carbonyl (C=O) groups is 1. The van der Waals surface area contributed by atoms with Crippen LogP contribution in [0.2, 0.25) is 0 Å². The van der Waals surface area contributed by atoms with Gasteiger partial charge in [0.1, 0.15) is 5.82 Å². The number of carbonyl (C=O) groups excluding carboxylic acids is 1. The molecule has 0 fully saturated rings. The molecule has 1 aromatic carbocycles. The van der Waals surface area contributed by atoms with Crippen LogP contribution < -0.4 is 11.1 Å². The second kappa shape index (κ2) is 7.29. The van der Waals surface area contributed by atoms with Gasteiger partial charge in [0.05, 0.1) is 12.2 Å². The molecule has 0 radical (unpaired) electrons. The molecule has 0 bridgehead atoms. The minimum absolute atomic E-state index is 0.0394. The van der Waals surface area contributed by atoms with Crippen molar-refractivity contribution in [3.63, 3.8) is 0 Å². The fourth-order valence-corrected chi connectivity index (χ4v) is 2.90. The van der Waals surface area contributed by atoms with Crippen LogP contribution in [0, 0.1) is 0 Å². The van der Waals surface area contributed by atoms with E-state index in [1.165, 1.54) is 0 Å². The van der Waals surface area contributed by atoms with Crippen molar-refractivity contribution in [2.24, 2.45) is 0 Å². The van der Waals surface area contributed by atoms with Gasteiger partial charge < -0.3 is 16.0 Å². The molecule has 126 valence electrons. The number of nitrogens with two attached hydrogens (primary N) is 1. The first-order chi connectivity index (χ1) is 11.7. The molecule has 24 heavy (non-hydrogen) atoms. The quantitative estimate of drug-likeness (QED) is 0.825. The van der Waals surface area contributed by atoms with Crippen LogP contribution in [0.4, 0.5) is 11.8 Å². The Labute approximate surface area is 142 Å². The molecule has 0 unspecified atom stereocenters. The van der Waals surface area contributed by atoms with E-state index >= 15 is 0 Å². The van der Waals surface area contributed by atoms with Gasteiger partial charge in [-0.05, 0) is 18.6 Å². The predicted octanol–water partition coefficient (Wildman–Crippen LogP) is 2.47. The van der Waals surface area contributed by atoms with Gasteiger partial charge in [0.2, 0.25) is 5.95 Å². The average molecular weight is 325 g/mol. The minimum Gasteiger partial charge on any atom is -0.370 e. The molecular weight excluding hydrogens is 302 g/mol. The Bertz CT molecular complexity index is 717. The van der Waals surface area contributed by atoms with E-state index in [2.05, 4.69) is 22.2 Å². The van der Waals surface area contributed by atoms with Crippen molar-refractivity contribution in [1.29, 1.82) is 0 Å². The first-order valence-electron chi connectivity index (χ1n) is 8.42. The van der Waals surface area contributed by atoms with E-state index in [1.54, 1.807) is 0 Å². The van der Waals surface area contributed by atoms with Crippen LogP contribution in [0.3, 0.4) is 0 Å². The van der Waals surface area contributed by atoms with E-state index < -0.39 is 0 Å². The van der Waals surface area contributed by atoms with E-state index in [4.69, 9.17) is 5.73 Å². The number of nitrogens with zero attached hydrogens (tertiary/aromatic N) is 3. The number of nitrogen functional groups attached to an aromatic ring is 1. The Morgan fingerprint density at radius 1 is 1.29 bits per heavy atom. The van der Waals surface area contributed by atoms with Crippen LogP contribution in [0.1, 0.15) is 41.4 Å². The van der Waals surface area contributed by atoms with Crippen LogP contribution in [0.15, 0.2) is 30.3 Å². The van der Waals surface area contributed by atoms with Gasteiger partial charge in [0, 0.05) is 30.6 Å². The maximum absolute atomic E-state index is 12.7. The van der Waals surface area contributed by atoms with Gasteiger partial charge in [0.25, 0.3) is 5.91 Å². The molecular formula is C18H23N5O. The van der Waals surface area contributed by atoms with Crippen molar-refractivity contribution in [3.05, 3.63) is 47.2 Å². The zero-order chi connectivity index (χ0) is 16.9. The fourth-order valence-electron chi connectivity index (χ4n) is 2.90. The molecule has 1 aliphatic heterocycles. The van der Waals surface area contributed by atoms with Gasteiger partial charge >= 0.3 is 0 Å². The smallest absolute Gasteiger partial charge is 0.254 e. The molecule has 2 heterocycles. The van der Waals surface area contributed by atoms with E-state index in [1.807, 2.05) is 35.2 Å². The third-order valence-corrected chi connectivity index (χ3v) is 4.21. The van der Waals surface area contributed by atoms with Crippen molar-refractivity contribution >= 4 is 17.7 Å². The van der Waals surface area contributed by atoms with Crippen molar-refractivity contribution in [2.75, 3.05) is 24.1 Å². The van der Waals surface area contributed by atoms with Gasteiger partial charge in [-0.15, -0.1) is 0 Å². The molecule has 0 spiro atoms. The number of benzene rings is 1. The predicted molar refractivity (Wildman–Crippen MR) is 94.7 cm³/mol. The molecule has 6 nitrogen and oxygen atoms in total. The Morgan fingerprint density at radius 2 is 2.08 bits per heavy atom. The molecule has 1 aromatic heterocycles. The number of hydrogen-bond acceptors (Lipinski definition) is 5. The summed E-state index contributed by atoms with van der Waals surface area (Å²) < 4.78 is 0. The largest absolute Gasteiger partial charge is 0.370 e. The first-order valence-corrected chi connectivity index (χ1v) is 8.42. The van der Waals surface area contributed by atoms with Gasteiger partial charge in [0.15, 0.2) is 0 Å². The van der Waals surface area contributed by atoms with Gasteiger partial charge in [-0.25, -0.2) is 4.98 Å². The topological polar surface area (TPSA) is 84.1 Å². The second-order valence-corrected chi connectivity index (χ2v) is 5.98. The lowest BCUT2D eigenvalue weighted by Gasteiger charge is -2.29. The summed E-state index contributed by atoms with van der Waals surface area (Å²) in [5, 5.41) is 3.34. The van der Waals surface area contributed by atoms with Gasteiger partial charge in [-0.1, -0.05) is 31.5 Å². The Morgan fingerprint density at radius 3 is 2.83 bits per heavy atom. The highest BCUT2D eigenvalue weighted by atomic mass is 16.2. The van der Waals surface area contributed by atoms with E-state index in [9.17, 15) is 4.79 Å². The van der Waals surface area contributed by atoms with E-state index in [0.717, 1.165) is 36.5 Å². The van der Waals surface area contributed by atoms with Crippen molar-refractivity contribution in [3.8, 4) is 0 Å². The maximum atomic E-state index is 12.7. The van der Waals surface area contributed by atoms with Crippen LogP contribution in [0.5, 0.6) is 0 Å². The normalized spacial score (nSPS) is 13.5. The molecule has 3 N–H and O–H groups in total. The summed E-state index contributed by atoms with van der Waals surface area (Å²) in [5.74, 6) is 1.09. The third kappa shape index (κ3) is 3.48. The monoisotopic (exact) mass is 325 g/mol. The fraction of sp³-hybridized carbons (Fsp3) is 0.389. The number of rotatable bonds is 5. The molecule has 1 aliphatic rings. The maximum Gasteiger partial charge on any atom is 0.254 e. The molecule has 2 aromatic rings. The second-order valence-electron chi connectivity index (χ2n) is 5.98. The first kappa shape index (κ1) is 16.2. The van der Waals surface area contributed by atoms with Crippen LogP contribution in [-0.2, 0) is 13.0 Å². The summed E-state index contributed by atoms with van der Waals surface area (Å²) in [5.41, 5.74) is 8.46. The lowest BCUT2D eigenvalue weighted by molar-refractivity contribution is 0.0734. The zero-order valence-corrected chi connectivity index (χ0v) is 14.0.